The molecule has 0 saturated heterocycles. The Morgan fingerprint density at radius 3 is 2.46 bits per heavy atom. The van der Waals surface area contributed by atoms with Crippen molar-refractivity contribution in [3.8, 4) is 5.75 Å². The zero-order valence-electron chi connectivity index (χ0n) is 14.2. The third kappa shape index (κ3) is 4.84. The minimum atomic E-state index is -0.705. The maximum Gasteiger partial charge on any atom is 0.313 e. The predicted molar refractivity (Wildman–Crippen MR) is 94.3 cm³/mol. The summed E-state index contributed by atoms with van der Waals surface area (Å²) < 4.78 is 5.18. The largest absolute Gasteiger partial charge is 0.495 e. The van der Waals surface area contributed by atoms with Gasteiger partial charge < -0.3 is 15.4 Å². The number of carbonyl (C=O) groups excluding carboxylic acids is 2. The Morgan fingerprint density at radius 1 is 1.00 bits per heavy atom. The summed E-state index contributed by atoms with van der Waals surface area (Å²) in [7, 11) is 1.52. The van der Waals surface area contributed by atoms with Gasteiger partial charge in [-0.15, -0.1) is 0 Å². The summed E-state index contributed by atoms with van der Waals surface area (Å²) in [6.45, 7) is 4.32. The van der Waals surface area contributed by atoms with Crippen LogP contribution in [0.5, 0.6) is 5.75 Å². The Hall–Kier alpha value is -2.82. The molecule has 0 aliphatic heterocycles. The molecule has 2 N–H and O–H groups in total. The van der Waals surface area contributed by atoms with Crippen LogP contribution < -0.4 is 15.4 Å². The molecule has 2 rings (SSSR count). The fourth-order valence-electron chi connectivity index (χ4n) is 2.37. The smallest absolute Gasteiger partial charge is 0.313 e. The number of nitrogens with one attached hydrogen (secondary N) is 2. The number of methoxy groups -OCH3 is 1. The molecule has 0 bridgehead atoms. The predicted octanol–water partition coefficient (Wildman–Crippen LogP) is 2.61. The van der Waals surface area contributed by atoms with Gasteiger partial charge in [0.2, 0.25) is 0 Å². The van der Waals surface area contributed by atoms with E-state index in [4.69, 9.17) is 4.74 Å². The molecular formula is C19H22N2O3. The van der Waals surface area contributed by atoms with Crippen LogP contribution in [0.2, 0.25) is 0 Å². The van der Waals surface area contributed by atoms with Gasteiger partial charge in [-0.1, -0.05) is 35.9 Å². The van der Waals surface area contributed by atoms with Crippen LogP contribution in [0.1, 0.15) is 16.7 Å². The topological polar surface area (TPSA) is 67.4 Å². The first-order valence-electron chi connectivity index (χ1n) is 7.79. The molecule has 5 nitrogen and oxygen atoms in total. The molecule has 0 aromatic heterocycles. The molecule has 0 fully saturated rings. The summed E-state index contributed by atoms with van der Waals surface area (Å²) >= 11 is 0. The molecule has 0 radical (unpaired) electrons. The Morgan fingerprint density at radius 2 is 1.75 bits per heavy atom. The molecule has 24 heavy (non-hydrogen) atoms. The van der Waals surface area contributed by atoms with Crippen molar-refractivity contribution in [1.82, 2.24) is 5.32 Å². The van der Waals surface area contributed by atoms with E-state index in [0.29, 0.717) is 24.4 Å². The Bertz CT molecular complexity index is 741. The van der Waals surface area contributed by atoms with Crippen molar-refractivity contribution in [1.29, 1.82) is 0 Å². The molecule has 0 unspecified atom stereocenters. The van der Waals surface area contributed by atoms with Crippen molar-refractivity contribution >= 4 is 17.5 Å². The van der Waals surface area contributed by atoms with E-state index in [1.807, 2.05) is 38.1 Å². The van der Waals surface area contributed by atoms with E-state index in [1.165, 1.54) is 12.7 Å². The number of aryl methyl sites for hydroxylation is 2. The molecular weight excluding hydrogens is 304 g/mol. The van der Waals surface area contributed by atoms with Gasteiger partial charge in [0, 0.05) is 6.54 Å². The zero-order chi connectivity index (χ0) is 17.5. The molecule has 2 aromatic carbocycles. The van der Waals surface area contributed by atoms with Gasteiger partial charge in [-0.2, -0.15) is 0 Å². The van der Waals surface area contributed by atoms with Crippen LogP contribution in [-0.4, -0.2) is 25.5 Å². The maximum atomic E-state index is 12.0. The SMILES string of the molecule is COc1ccc(C)cc1NC(=O)C(=O)NCCc1cccc(C)c1. The van der Waals surface area contributed by atoms with Crippen molar-refractivity contribution in [2.45, 2.75) is 20.3 Å². The van der Waals surface area contributed by atoms with Gasteiger partial charge in [0.05, 0.1) is 12.8 Å². The van der Waals surface area contributed by atoms with Gasteiger partial charge in [0.1, 0.15) is 5.75 Å². The zero-order valence-corrected chi connectivity index (χ0v) is 14.2. The summed E-state index contributed by atoms with van der Waals surface area (Å²) in [5.74, 6) is -0.851. The second-order valence-corrected chi connectivity index (χ2v) is 5.65. The quantitative estimate of drug-likeness (QED) is 0.830. The molecule has 0 spiro atoms. The monoisotopic (exact) mass is 326 g/mol. The number of benzene rings is 2. The van der Waals surface area contributed by atoms with Crippen LogP contribution >= 0.6 is 0 Å². The summed E-state index contributed by atoms with van der Waals surface area (Å²) in [6, 6.07) is 13.4. The highest BCUT2D eigenvalue weighted by Crippen LogP contribution is 2.24. The molecule has 0 aliphatic carbocycles. The molecule has 5 heteroatoms. The van der Waals surface area contributed by atoms with Crippen LogP contribution in [-0.2, 0) is 16.0 Å². The van der Waals surface area contributed by atoms with Crippen LogP contribution in [0, 0.1) is 13.8 Å². The van der Waals surface area contributed by atoms with Crippen molar-refractivity contribution in [3.05, 3.63) is 59.2 Å². The van der Waals surface area contributed by atoms with Gasteiger partial charge >= 0.3 is 11.8 Å². The van der Waals surface area contributed by atoms with Crippen molar-refractivity contribution in [2.75, 3.05) is 19.0 Å². The highest BCUT2D eigenvalue weighted by atomic mass is 16.5. The van der Waals surface area contributed by atoms with E-state index in [-0.39, 0.29) is 0 Å². The van der Waals surface area contributed by atoms with Gasteiger partial charge in [-0.3, -0.25) is 9.59 Å². The van der Waals surface area contributed by atoms with Gasteiger partial charge in [0.15, 0.2) is 0 Å². The van der Waals surface area contributed by atoms with Crippen LogP contribution in [0.3, 0.4) is 0 Å². The second-order valence-electron chi connectivity index (χ2n) is 5.65. The molecule has 2 amide bonds. The van der Waals surface area contributed by atoms with E-state index in [0.717, 1.165) is 11.1 Å². The summed E-state index contributed by atoms with van der Waals surface area (Å²) in [5.41, 5.74) is 3.74. The lowest BCUT2D eigenvalue weighted by atomic mass is 10.1. The van der Waals surface area contributed by atoms with Gasteiger partial charge in [-0.25, -0.2) is 0 Å². The van der Waals surface area contributed by atoms with Crippen LogP contribution in [0.4, 0.5) is 5.69 Å². The number of rotatable bonds is 5. The molecule has 0 heterocycles. The molecule has 0 atom stereocenters. The van der Waals surface area contributed by atoms with Crippen molar-refractivity contribution in [2.24, 2.45) is 0 Å². The van der Waals surface area contributed by atoms with Gasteiger partial charge in [0.25, 0.3) is 0 Å². The third-order valence-electron chi connectivity index (χ3n) is 3.59. The Kier molecular flexibility index (Phi) is 5.95. The van der Waals surface area contributed by atoms with E-state index >= 15 is 0 Å². The first-order chi connectivity index (χ1) is 11.5. The lowest BCUT2D eigenvalue weighted by Gasteiger charge is -2.11. The van der Waals surface area contributed by atoms with Crippen molar-refractivity contribution in [3.63, 3.8) is 0 Å². The normalized spacial score (nSPS) is 10.1. The summed E-state index contributed by atoms with van der Waals surface area (Å²) in [6.07, 6.45) is 0.675. The van der Waals surface area contributed by atoms with E-state index in [2.05, 4.69) is 16.7 Å². The fourth-order valence-corrected chi connectivity index (χ4v) is 2.37. The van der Waals surface area contributed by atoms with E-state index in [9.17, 15) is 9.59 Å². The molecule has 126 valence electrons. The van der Waals surface area contributed by atoms with E-state index < -0.39 is 11.8 Å². The van der Waals surface area contributed by atoms with Crippen molar-refractivity contribution < 1.29 is 14.3 Å². The minimum Gasteiger partial charge on any atom is -0.495 e. The third-order valence-corrected chi connectivity index (χ3v) is 3.59. The minimum absolute atomic E-state index is 0.403. The first-order valence-corrected chi connectivity index (χ1v) is 7.79. The highest BCUT2D eigenvalue weighted by molar-refractivity contribution is 6.39. The highest BCUT2D eigenvalue weighted by Gasteiger charge is 2.15. The Balaban J connectivity index is 1.88. The second kappa shape index (κ2) is 8.15. The van der Waals surface area contributed by atoms with Crippen LogP contribution in [0.25, 0.3) is 0 Å². The van der Waals surface area contributed by atoms with E-state index in [1.54, 1.807) is 12.1 Å². The average molecular weight is 326 g/mol. The van der Waals surface area contributed by atoms with Gasteiger partial charge in [-0.05, 0) is 43.5 Å². The number of amides is 2. The lowest BCUT2D eigenvalue weighted by molar-refractivity contribution is -0.136. The average Bonchev–Trinajstić information content (AvgIpc) is 2.55. The number of hydrogen-bond acceptors (Lipinski definition) is 3. The fraction of sp³-hybridized carbons (Fsp3) is 0.263. The number of ether oxygens (including phenoxy) is 1. The summed E-state index contributed by atoms with van der Waals surface area (Å²) in [5, 5.41) is 5.21. The molecule has 0 aliphatic rings. The maximum absolute atomic E-state index is 12.0. The first kappa shape index (κ1) is 17.5. The number of hydrogen-bond donors (Lipinski definition) is 2. The number of anilines is 1. The lowest BCUT2D eigenvalue weighted by Crippen LogP contribution is -2.36. The molecule has 2 aromatic rings. The standard InChI is InChI=1S/C19H22N2O3/c1-13-5-4-6-15(11-13)9-10-20-18(22)19(23)21-16-12-14(2)7-8-17(16)24-3/h4-8,11-12H,9-10H2,1-3H3,(H,20,22)(H,21,23). The molecule has 0 saturated carbocycles. The number of carbonyl (C=O) groups is 2. The van der Waals surface area contributed by atoms with Crippen LogP contribution in [0.15, 0.2) is 42.5 Å². The summed E-state index contributed by atoms with van der Waals surface area (Å²) in [4.78, 5) is 23.9. The Labute approximate surface area is 142 Å².